The fourth-order valence-electron chi connectivity index (χ4n) is 2.95. The monoisotopic (exact) mass is 328 g/mol. The second-order valence-corrected chi connectivity index (χ2v) is 6.23. The molecule has 1 fully saturated rings. The summed E-state index contributed by atoms with van der Waals surface area (Å²) in [6.45, 7) is 6.18. The van der Waals surface area contributed by atoms with E-state index >= 15 is 0 Å². The van der Waals surface area contributed by atoms with Crippen LogP contribution in [-0.2, 0) is 19.4 Å². The Hall–Kier alpha value is -2.51. The topological polar surface area (TPSA) is 91.1 Å². The van der Waals surface area contributed by atoms with Crippen LogP contribution >= 0.6 is 0 Å². The minimum Gasteiger partial charge on any atom is -0.337 e. The lowest BCUT2D eigenvalue weighted by molar-refractivity contribution is 0.359. The van der Waals surface area contributed by atoms with Gasteiger partial charge in [0.1, 0.15) is 12.4 Å². The molecule has 0 radical (unpaired) electrons. The third kappa shape index (κ3) is 2.33. The highest BCUT2D eigenvalue weighted by atomic mass is 16.5. The molecule has 126 valence electrons. The summed E-state index contributed by atoms with van der Waals surface area (Å²) in [6.07, 6.45) is 3.70. The fraction of sp³-hybridized carbons (Fsp3) is 0.562. The average molecular weight is 328 g/mol. The van der Waals surface area contributed by atoms with Gasteiger partial charge in [-0.15, -0.1) is 5.10 Å². The number of aryl methyl sites for hydroxylation is 3. The molecule has 8 heteroatoms. The molecule has 3 aromatic rings. The maximum Gasteiger partial charge on any atom is 0.352 e. The maximum atomic E-state index is 12.8. The van der Waals surface area contributed by atoms with Crippen LogP contribution in [0.4, 0.5) is 0 Å². The Labute approximate surface area is 138 Å². The van der Waals surface area contributed by atoms with E-state index in [0.29, 0.717) is 23.9 Å². The first-order valence-corrected chi connectivity index (χ1v) is 8.42. The van der Waals surface area contributed by atoms with Crippen molar-refractivity contribution in [3.8, 4) is 0 Å². The molecule has 0 unspecified atom stereocenters. The van der Waals surface area contributed by atoms with Gasteiger partial charge in [0.05, 0.1) is 0 Å². The molecule has 0 saturated heterocycles. The van der Waals surface area contributed by atoms with Crippen LogP contribution in [-0.4, -0.2) is 29.3 Å². The van der Waals surface area contributed by atoms with Gasteiger partial charge in [-0.1, -0.05) is 19.0 Å². The molecule has 24 heavy (non-hydrogen) atoms. The Balaban J connectivity index is 1.79. The molecule has 0 aliphatic heterocycles. The van der Waals surface area contributed by atoms with Crippen LogP contribution in [0.3, 0.4) is 0 Å². The van der Waals surface area contributed by atoms with E-state index in [4.69, 9.17) is 4.52 Å². The van der Waals surface area contributed by atoms with Crippen LogP contribution in [0, 0.1) is 6.92 Å². The standard InChI is InChI=1S/C16H20N6O2/c1-4-11-9(3)15-19-21(16(23)22(15)12(5-2)17-11)8-13-18-14(20-24-13)10-6-7-10/h10H,4-8H2,1-3H3. The molecule has 0 aromatic carbocycles. The molecule has 0 atom stereocenters. The molecule has 0 spiro atoms. The second-order valence-electron chi connectivity index (χ2n) is 6.23. The van der Waals surface area contributed by atoms with E-state index in [0.717, 1.165) is 42.2 Å². The first kappa shape index (κ1) is 15.0. The Kier molecular flexibility index (Phi) is 3.47. The van der Waals surface area contributed by atoms with Gasteiger partial charge in [0.25, 0.3) is 0 Å². The van der Waals surface area contributed by atoms with Crippen molar-refractivity contribution in [2.45, 2.75) is 58.9 Å². The lowest BCUT2D eigenvalue weighted by atomic mass is 10.2. The fourth-order valence-corrected chi connectivity index (χ4v) is 2.95. The lowest BCUT2D eigenvalue weighted by Gasteiger charge is -2.07. The van der Waals surface area contributed by atoms with Gasteiger partial charge in [-0.05, 0) is 26.2 Å². The first-order valence-electron chi connectivity index (χ1n) is 8.42. The molecule has 0 amide bonds. The van der Waals surface area contributed by atoms with Crippen LogP contribution in [0.25, 0.3) is 5.65 Å². The minimum absolute atomic E-state index is 0.185. The highest BCUT2D eigenvalue weighted by Gasteiger charge is 2.29. The summed E-state index contributed by atoms with van der Waals surface area (Å²) >= 11 is 0. The summed E-state index contributed by atoms with van der Waals surface area (Å²) in [5.41, 5.74) is 2.36. The van der Waals surface area contributed by atoms with Crippen molar-refractivity contribution in [2.24, 2.45) is 0 Å². The summed E-state index contributed by atoms with van der Waals surface area (Å²) in [5, 5.41) is 8.48. The van der Waals surface area contributed by atoms with E-state index in [1.165, 1.54) is 4.68 Å². The number of fused-ring (bicyclic) bond motifs is 1. The van der Waals surface area contributed by atoms with Gasteiger partial charge in [-0.25, -0.2) is 18.9 Å². The molecule has 1 saturated carbocycles. The smallest absolute Gasteiger partial charge is 0.337 e. The van der Waals surface area contributed by atoms with E-state index in [1.807, 2.05) is 13.8 Å². The zero-order valence-electron chi connectivity index (χ0n) is 14.1. The van der Waals surface area contributed by atoms with E-state index < -0.39 is 0 Å². The second kappa shape index (κ2) is 5.54. The largest absolute Gasteiger partial charge is 0.352 e. The van der Waals surface area contributed by atoms with Gasteiger partial charge < -0.3 is 4.52 Å². The van der Waals surface area contributed by atoms with Crippen molar-refractivity contribution >= 4 is 5.65 Å². The molecule has 8 nitrogen and oxygen atoms in total. The van der Waals surface area contributed by atoms with Gasteiger partial charge in [-0.3, -0.25) is 0 Å². The maximum absolute atomic E-state index is 12.8. The summed E-state index contributed by atoms with van der Waals surface area (Å²) in [7, 11) is 0. The third-order valence-electron chi connectivity index (χ3n) is 4.49. The number of rotatable bonds is 5. The van der Waals surface area contributed by atoms with E-state index in [2.05, 4.69) is 27.1 Å². The summed E-state index contributed by atoms with van der Waals surface area (Å²) in [4.78, 5) is 21.7. The van der Waals surface area contributed by atoms with Gasteiger partial charge in [0.15, 0.2) is 11.5 Å². The summed E-state index contributed by atoms with van der Waals surface area (Å²) < 4.78 is 8.24. The van der Waals surface area contributed by atoms with Crippen LogP contribution in [0.5, 0.6) is 0 Å². The molecule has 3 heterocycles. The molecule has 1 aliphatic carbocycles. The Morgan fingerprint density at radius 3 is 2.67 bits per heavy atom. The first-order chi connectivity index (χ1) is 11.6. The van der Waals surface area contributed by atoms with Gasteiger partial charge in [-0.2, -0.15) is 4.98 Å². The molecule has 0 N–H and O–H groups in total. The van der Waals surface area contributed by atoms with Crippen LogP contribution < -0.4 is 5.69 Å². The predicted molar refractivity (Wildman–Crippen MR) is 86.1 cm³/mol. The number of hydrogen-bond donors (Lipinski definition) is 0. The number of nitrogens with zero attached hydrogens (tertiary/aromatic N) is 6. The summed E-state index contributed by atoms with van der Waals surface area (Å²) in [5.74, 6) is 2.31. The van der Waals surface area contributed by atoms with Gasteiger partial charge >= 0.3 is 5.69 Å². The van der Waals surface area contributed by atoms with E-state index in [9.17, 15) is 4.79 Å². The molecule has 0 bridgehead atoms. The SMILES string of the molecule is CCc1nc(CC)n2c(=O)n(Cc3nc(C4CC4)no3)nc2c1C. The van der Waals surface area contributed by atoms with Crippen molar-refractivity contribution in [1.29, 1.82) is 0 Å². The minimum atomic E-state index is -0.216. The van der Waals surface area contributed by atoms with Crippen LogP contribution in [0.1, 0.15) is 61.4 Å². The van der Waals surface area contributed by atoms with Crippen molar-refractivity contribution < 1.29 is 4.52 Å². The normalized spacial score (nSPS) is 14.6. The van der Waals surface area contributed by atoms with Crippen LogP contribution in [0.2, 0.25) is 0 Å². The van der Waals surface area contributed by atoms with Crippen molar-refractivity contribution in [3.63, 3.8) is 0 Å². The average Bonchev–Trinajstić information content (AvgIpc) is 3.25. The Morgan fingerprint density at radius 2 is 2.00 bits per heavy atom. The highest BCUT2D eigenvalue weighted by Crippen LogP contribution is 2.38. The van der Waals surface area contributed by atoms with E-state index in [1.54, 1.807) is 4.40 Å². The van der Waals surface area contributed by atoms with Crippen LogP contribution in [0.15, 0.2) is 9.32 Å². The Morgan fingerprint density at radius 1 is 1.21 bits per heavy atom. The number of hydrogen-bond acceptors (Lipinski definition) is 6. The zero-order chi connectivity index (χ0) is 16.8. The molecular formula is C16H20N6O2. The van der Waals surface area contributed by atoms with Crippen molar-refractivity contribution in [1.82, 2.24) is 29.3 Å². The Bertz CT molecular complexity index is 963. The predicted octanol–water partition coefficient (Wildman–Crippen LogP) is 1.63. The molecule has 4 rings (SSSR count). The zero-order valence-corrected chi connectivity index (χ0v) is 14.1. The van der Waals surface area contributed by atoms with Gasteiger partial charge in [0.2, 0.25) is 5.89 Å². The third-order valence-corrected chi connectivity index (χ3v) is 4.49. The molecule has 3 aromatic heterocycles. The molecular weight excluding hydrogens is 308 g/mol. The van der Waals surface area contributed by atoms with Crippen molar-refractivity contribution in [2.75, 3.05) is 0 Å². The highest BCUT2D eigenvalue weighted by molar-refractivity contribution is 5.48. The van der Waals surface area contributed by atoms with Crippen molar-refractivity contribution in [3.05, 3.63) is 39.3 Å². The number of aromatic nitrogens is 6. The summed E-state index contributed by atoms with van der Waals surface area (Å²) in [6, 6.07) is 0. The van der Waals surface area contributed by atoms with E-state index in [-0.39, 0.29) is 12.2 Å². The molecule has 1 aliphatic rings. The van der Waals surface area contributed by atoms with Gasteiger partial charge in [0, 0.05) is 23.6 Å². The quantitative estimate of drug-likeness (QED) is 0.707. The lowest BCUT2D eigenvalue weighted by Crippen LogP contribution is -2.24.